The van der Waals surface area contributed by atoms with Crippen LogP contribution in [0.3, 0.4) is 0 Å². The normalized spacial score (nSPS) is 10.9. The third-order valence-electron chi connectivity index (χ3n) is 4.23. The molecule has 0 saturated heterocycles. The van der Waals surface area contributed by atoms with Crippen molar-refractivity contribution >= 4 is 22.1 Å². The molecule has 0 unspecified atom stereocenters. The Hall–Kier alpha value is -2.02. The summed E-state index contributed by atoms with van der Waals surface area (Å²) in [5, 5.41) is 13.0. The lowest BCUT2D eigenvalue weighted by Crippen LogP contribution is -2.12. The van der Waals surface area contributed by atoms with Gasteiger partial charge in [0.05, 0.1) is 25.0 Å². The molecule has 2 aromatic rings. The zero-order valence-electron chi connectivity index (χ0n) is 14.7. The maximum atomic E-state index is 10.7. The zero-order chi connectivity index (χ0) is 18.4. The summed E-state index contributed by atoms with van der Waals surface area (Å²) in [6.45, 7) is 7.24. The molecule has 1 aromatic heterocycles. The quantitative estimate of drug-likeness (QED) is 0.627. The van der Waals surface area contributed by atoms with Gasteiger partial charge in [-0.2, -0.15) is 5.10 Å². The van der Waals surface area contributed by atoms with E-state index >= 15 is 0 Å². The highest BCUT2D eigenvalue weighted by atomic mass is 79.9. The van der Waals surface area contributed by atoms with Gasteiger partial charge in [0.25, 0.3) is 0 Å². The fraction of sp³-hybridized carbons (Fsp3) is 0.444. The lowest BCUT2D eigenvalue weighted by Gasteiger charge is -2.17. The first kappa shape index (κ1) is 19.3. The molecule has 0 fully saturated rings. The summed E-state index contributed by atoms with van der Waals surface area (Å²) in [4.78, 5) is 10.7. The van der Waals surface area contributed by atoms with Crippen LogP contribution in [0.1, 0.15) is 37.9 Å². The number of carbonyl (C=O) groups is 1. The molecule has 0 radical (unpaired) electrons. The number of carboxylic acid groups (broad SMARTS) is 1. The van der Waals surface area contributed by atoms with E-state index in [0.717, 1.165) is 28.6 Å². The van der Waals surface area contributed by atoms with E-state index in [2.05, 4.69) is 34.9 Å². The van der Waals surface area contributed by atoms with Crippen LogP contribution in [-0.2, 0) is 6.54 Å². The van der Waals surface area contributed by atoms with Crippen LogP contribution in [0, 0.1) is 12.8 Å². The Kier molecular flexibility index (Phi) is 6.87. The lowest BCUT2D eigenvalue weighted by molar-refractivity contribution is 0.144. The Labute approximate surface area is 155 Å². The molecule has 1 heterocycles. The van der Waals surface area contributed by atoms with E-state index in [1.165, 1.54) is 6.20 Å². The standard InChI is InChI=1S/C18H23BrN2O4/c1-4-13(5-2)11-24-16-7-6-15(19)8-14(16)10-21-12(3)17(9-20-21)25-18(22)23/h6-9,13H,4-5,10-11H2,1-3H3,(H,22,23). The molecule has 0 aliphatic carbocycles. The number of hydrogen-bond donors (Lipinski definition) is 1. The first-order valence-electron chi connectivity index (χ1n) is 8.29. The minimum Gasteiger partial charge on any atom is -0.493 e. The second-order valence-corrected chi connectivity index (χ2v) is 6.78. The lowest BCUT2D eigenvalue weighted by atomic mass is 10.1. The smallest absolute Gasteiger partial charge is 0.493 e. The average Bonchev–Trinajstić information content (AvgIpc) is 2.90. The predicted octanol–water partition coefficient (Wildman–Crippen LogP) is 4.87. The molecular weight excluding hydrogens is 388 g/mol. The number of halogens is 1. The van der Waals surface area contributed by atoms with E-state index < -0.39 is 6.16 Å². The van der Waals surface area contributed by atoms with Gasteiger partial charge < -0.3 is 14.6 Å². The SMILES string of the molecule is CCC(CC)COc1ccc(Br)cc1Cn1ncc(OC(=O)O)c1C. The molecule has 25 heavy (non-hydrogen) atoms. The average molecular weight is 411 g/mol. The summed E-state index contributed by atoms with van der Waals surface area (Å²) in [5.74, 6) is 1.58. The molecule has 2 rings (SSSR count). The predicted molar refractivity (Wildman–Crippen MR) is 98.4 cm³/mol. The first-order chi connectivity index (χ1) is 11.9. The molecule has 0 bridgehead atoms. The van der Waals surface area contributed by atoms with Gasteiger partial charge in [0.1, 0.15) is 5.75 Å². The highest BCUT2D eigenvalue weighted by molar-refractivity contribution is 9.10. The van der Waals surface area contributed by atoms with Crippen LogP contribution in [0.4, 0.5) is 4.79 Å². The van der Waals surface area contributed by atoms with Gasteiger partial charge in [0.15, 0.2) is 5.75 Å². The third kappa shape index (κ3) is 5.22. The van der Waals surface area contributed by atoms with E-state index in [-0.39, 0.29) is 5.75 Å². The van der Waals surface area contributed by atoms with Gasteiger partial charge in [0.2, 0.25) is 0 Å². The second-order valence-electron chi connectivity index (χ2n) is 5.87. The minimum absolute atomic E-state index is 0.238. The summed E-state index contributed by atoms with van der Waals surface area (Å²) in [6, 6.07) is 5.87. The topological polar surface area (TPSA) is 73.6 Å². The van der Waals surface area contributed by atoms with E-state index in [1.54, 1.807) is 11.6 Å². The van der Waals surface area contributed by atoms with Crippen LogP contribution in [0.2, 0.25) is 0 Å². The maximum absolute atomic E-state index is 10.7. The molecule has 7 heteroatoms. The molecule has 0 amide bonds. The van der Waals surface area contributed by atoms with Gasteiger partial charge in [-0.1, -0.05) is 42.6 Å². The van der Waals surface area contributed by atoms with Crippen molar-refractivity contribution in [3.8, 4) is 11.5 Å². The Balaban J connectivity index is 2.19. The molecule has 0 aliphatic heterocycles. The third-order valence-corrected chi connectivity index (χ3v) is 4.72. The van der Waals surface area contributed by atoms with Gasteiger partial charge in [0, 0.05) is 10.0 Å². The van der Waals surface area contributed by atoms with Crippen molar-refractivity contribution in [2.24, 2.45) is 5.92 Å². The van der Waals surface area contributed by atoms with Crippen LogP contribution >= 0.6 is 15.9 Å². The van der Waals surface area contributed by atoms with Crippen molar-refractivity contribution in [3.05, 3.63) is 40.1 Å². The van der Waals surface area contributed by atoms with Gasteiger partial charge >= 0.3 is 6.16 Å². The van der Waals surface area contributed by atoms with Gasteiger partial charge in [-0.05, 0) is 31.0 Å². The second kappa shape index (κ2) is 8.89. The summed E-state index contributed by atoms with van der Waals surface area (Å²) >= 11 is 3.49. The number of benzene rings is 1. The molecule has 0 atom stereocenters. The van der Waals surface area contributed by atoms with Crippen molar-refractivity contribution in [1.29, 1.82) is 0 Å². The number of aromatic nitrogens is 2. The first-order valence-corrected chi connectivity index (χ1v) is 9.08. The number of nitrogens with zero attached hydrogens (tertiary/aromatic N) is 2. The van der Waals surface area contributed by atoms with Crippen molar-refractivity contribution in [2.75, 3.05) is 6.61 Å². The highest BCUT2D eigenvalue weighted by Gasteiger charge is 2.14. The van der Waals surface area contributed by atoms with Crippen LogP contribution < -0.4 is 9.47 Å². The Morgan fingerprint density at radius 2 is 2.04 bits per heavy atom. The van der Waals surface area contributed by atoms with Crippen LogP contribution in [0.15, 0.2) is 28.9 Å². The Morgan fingerprint density at radius 1 is 1.32 bits per heavy atom. The summed E-state index contributed by atoms with van der Waals surface area (Å²) in [5.41, 5.74) is 1.61. The molecular formula is C18H23BrN2O4. The molecule has 136 valence electrons. The molecule has 1 aromatic carbocycles. The highest BCUT2D eigenvalue weighted by Crippen LogP contribution is 2.27. The molecule has 0 aliphatic rings. The van der Waals surface area contributed by atoms with Crippen LogP contribution in [0.25, 0.3) is 0 Å². The van der Waals surface area contributed by atoms with E-state index in [9.17, 15) is 4.79 Å². The monoisotopic (exact) mass is 410 g/mol. The van der Waals surface area contributed by atoms with Crippen molar-refractivity contribution in [1.82, 2.24) is 9.78 Å². The van der Waals surface area contributed by atoms with E-state index in [4.69, 9.17) is 14.6 Å². The summed E-state index contributed by atoms with van der Waals surface area (Å²) in [6.07, 6.45) is 2.22. The van der Waals surface area contributed by atoms with Crippen molar-refractivity contribution in [2.45, 2.75) is 40.2 Å². The van der Waals surface area contributed by atoms with Crippen molar-refractivity contribution < 1.29 is 19.4 Å². The number of hydrogen-bond acceptors (Lipinski definition) is 4. The molecule has 0 spiro atoms. The van der Waals surface area contributed by atoms with Gasteiger partial charge in [-0.25, -0.2) is 4.79 Å². The largest absolute Gasteiger partial charge is 0.511 e. The zero-order valence-corrected chi connectivity index (χ0v) is 16.2. The van der Waals surface area contributed by atoms with E-state index in [0.29, 0.717) is 24.8 Å². The van der Waals surface area contributed by atoms with Crippen LogP contribution in [0.5, 0.6) is 11.5 Å². The molecule has 6 nitrogen and oxygen atoms in total. The Bertz CT molecular complexity index is 726. The number of ether oxygens (including phenoxy) is 2. The maximum Gasteiger partial charge on any atom is 0.511 e. The summed E-state index contributed by atoms with van der Waals surface area (Å²) in [7, 11) is 0. The summed E-state index contributed by atoms with van der Waals surface area (Å²) < 4.78 is 13.4. The molecule has 1 N–H and O–H groups in total. The van der Waals surface area contributed by atoms with Crippen molar-refractivity contribution in [3.63, 3.8) is 0 Å². The van der Waals surface area contributed by atoms with Gasteiger partial charge in [-0.3, -0.25) is 4.68 Å². The van der Waals surface area contributed by atoms with Crippen LogP contribution in [-0.4, -0.2) is 27.6 Å². The fourth-order valence-electron chi connectivity index (χ4n) is 2.49. The molecule has 0 saturated carbocycles. The Morgan fingerprint density at radius 3 is 2.68 bits per heavy atom. The van der Waals surface area contributed by atoms with E-state index in [1.807, 2.05) is 18.2 Å². The minimum atomic E-state index is -1.35. The fourth-order valence-corrected chi connectivity index (χ4v) is 2.90. The van der Waals surface area contributed by atoms with Gasteiger partial charge in [-0.15, -0.1) is 0 Å². The number of rotatable bonds is 8.